The van der Waals surface area contributed by atoms with Crippen molar-refractivity contribution in [2.45, 2.75) is 5.88 Å². The fourth-order valence-corrected chi connectivity index (χ4v) is 1.79. The fourth-order valence-electron chi connectivity index (χ4n) is 1.62. The molecule has 1 amide bonds. The number of nitrogens with one attached hydrogen (secondary N) is 1. The average molecular weight is 291 g/mol. The molecule has 20 heavy (non-hydrogen) atoms. The molecule has 1 aromatic heterocycles. The Balaban J connectivity index is 2.18. The molecule has 2 aromatic rings. The van der Waals surface area contributed by atoms with Gasteiger partial charge < -0.3 is 10.4 Å². The van der Waals surface area contributed by atoms with Gasteiger partial charge in [-0.25, -0.2) is 4.79 Å². The number of carboxylic acid groups (broad SMARTS) is 1. The zero-order chi connectivity index (χ0) is 14.5. The van der Waals surface area contributed by atoms with Crippen LogP contribution >= 0.6 is 11.6 Å². The Morgan fingerprint density at radius 1 is 1.20 bits per heavy atom. The van der Waals surface area contributed by atoms with Crippen LogP contribution in [-0.4, -0.2) is 22.0 Å². The van der Waals surface area contributed by atoms with E-state index in [0.29, 0.717) is 17.1 Å². The summed E-state index contributed by atoms with van der Waals surface area (Å²) >= 11 is 5.71. The van der Waals surface area contributed by atoms with Crippen LogP contribution < -0.4 is 5.32 Å². The number of pyridine rings is 1. The van der Waals surface area contributed by atoms with Gasteiger partial charge in [0, 0.05) is 17.6 Å². The van der Waals surface area contributed by atoms with Crippen LogP contribution in [0.2, 0.25) is 0 Å². The summed E-state index contributed by atoms with van der Waals surface area (Å²) < 4.78 is 0. The third kappa shape index (κ3) is 3.33. The summed E-state index contributed by atoms with van der Waals surface area (Å²) in [5.74, 6) is -1.13. The van der Waals surface area contributed by atoms with Crippen molar-refractivity contribution in [2.24, 2.45) is 0 Å². The molecule has 6 heteroatoms. The number of carbonyl (C=O) groups is 2. The highest BCUT2D eigenvalue weighted by Gasteiger charge is 2.09. The second-order valence-corrected chi connectivity index (χ2v) is 4.32. The third-order valence-corrected chi connectivity index (χ3v) is 2.90. The molecule has 0 aliphatic heterocycles. The summed E-state index contributed by atoms with van der Waals surface area (Å²) in [5.41, 5.74) is 1.61. The van der Waals surface area contributed by atoms with Crippen molar-refractivity contribution < 1.29 is 14.7 Å². The van der Waals surface area contributed by atoms with Gasteiger partial charge >= 0.3 is 5.97 Å². The molecule has 0 saturated carbocycles. The second kappa shape index (κ2) is 6.16. The van der Waals surface area contributed by atoms with Crippen molar-refractivity contribution in [3.63, 3.8) is 0 Å². The molecule has 0 radical (unpaired) electrons. The summed E-state index contributed by atoms with van der Waals surface area (Å²) in [5, 5.41) is 11.5. The van der Waals surface area contributed by atoms with Crippen LogP contribution in [0.25, 0.3) is 0 Å². The number of carboxylic acids is 1. The maximum Gasteiger partial charge on any atom is 0.337 e. The number of carbonyl (C=O) groups excluding carboxylic acids is 1. The van der Waals surface area contributed by atoms with E-state index in [4.69, 9.17) is 16.7 Å². The predicted octanol–water partition coefficient (Wildman–Crippen LogP) is 2.77. The van der Waals surface area contributed by atoms with Gasteiger partial charge in [-0.05, 0) is 23.8 Å². The normalized spacial score (nSPS) is 10.1. The SMILES string of the molecule is O=C(O)c1cncc(NC(=O)c2cccc(CCl)c2)c1. The minimum Gasteiger partial charge on any atom is -0.478 e. The summed E-state index contributed by atoms with van der Waals surface area (Å²) in [6, 6.07) is 8.23. The number of hydrogen-bond donors (Lipinski definition) is 2. The highest BCUT2D eigenvalue weighted by atomic mass is 35.5. The van der Waals surface area contributed by atoms with E-state index >= 15 is 0 Å². The number of benzene rings is 1. The van der Waals surface area contributed by atoms with Gasteiger partial charge in [-0.2, -0.15) is 0 Å². The number of alkyl halides is 1. The monoisotopic (exact) mass is 290 g/mol. The molecule has 0 fully saturated rings. The molecule has 0 aliphatic rings. The number of aromatic nitrogens is 1. The smallest absolute Gasteiger partial charge is 0.337 e. The highest BCUT2D eigenvalue weighted by molar-refractivity contribution is 6.17. The quantitative estimate of drug-likeness (QED) is 0.849. The second-order valence-electron chi connectivity index (χ2n) is 4.06. The van der Waals surface area contributed by atoms with Crippen molar-refractivity contribution >= 4 is 29.2 Å². The molecule has 0 aliphatic carbocycles. The molecule has 0 unspecified atom stereocenters. The molecule has 0 spiro atoms. The van der Waals surface area contributed by atoms with E-state index in [0.717, 1.165) is 5.56 Å². The summed E-state index contributed by atoms with van der Waals surface area (Å²) in [6.45, 7) is 0. The van der Waals surface area contributed by atoms with E-state index in [-0.39, 0.29) is 11.5 Å². The van der Waals surface area contributed by atoms with Gasteiger partial charge in [0.2, 0.25) is 0 Å². The summed E-state index contributed by atoms with van der Waals surface area (Å²) in [4.78, 5) is 26.6. The molecular weight excluding hydrogens is 280 g/mol. The first kappa shape index (κ1) is 14.0. The van der Waals surface area contributed by atoms with E-state index in [1.807, 2.05) is 6.07 Å². The van der Waals surface area contributed by atoms with Gasteiger partial charge in [0.15, 0.2) is 0 Å². The van der Waals surface area contributed by atoms with Gasteiger partial charge in [-0.15, -0.1) is 11.6 Å². The van der Waals surface area contributed by atoms with Crippen molar-refractivity contribution in [3.8, 4) is 0 Å². The lowest BCUT2D eigenvalue weighted by molar-refractivity contribution is 0.0696. The van der Waals surface area contributed by atoms with Crippen molar-refractivity contribution in [3.05, 3.63) is 59.4 Å². The summed E-state index contributed by atoms with van der Waals surface area (Å²) in [7, 11) is 0. The Morgan fingerprint density at radius 2 is 2.00 bits per heavy atom. The average Bonchev–Trinajstić information content (AvgIpc) is 2.47. The Bertz CT molecular complexity index is 658. The maximum atomic E-state index is 12.0. The van der Waals surface area contributed by atoms with Crippen LogP contribution in [0.1, 0.15) is 26.3 Å². The molecule has 2 rings (SSSR count). The van der Waals surface area contributed by atoms with Crippen LogP contribution in [0, 0.1) is 0 Å². The number of hydrogen-bond acceptors (Lipinski definition) is 3. The van der Waals surface area contributed by atoms with Gasteiger partial charge in [-0.1, -0.05) is 12.1 Å². The van der Waals surface area contributed by atoms with E-state index in [1.165, 1.54) is 18.5 Å². The first-order chi connectivity index (χ1) is 9.60. The Labute approximate surface area is 120 Å². The molecule has 5 nitrogen and oxygen atoms in total. The van der Waals surface area contributed by atoms with Crippen molar-refractivity contribution in [1.29, 1.82) is 0 Å². The van der Waals surface area contributed by atoms with Crippen LogP contribution in [0.5, 0.6) is 0 Å². The number of anilines is 1. The van der Waals surface area contributed by atoms with E-state index in [2.05, 4.69) is 10.3 Å². The minimum absolute atomic E-state index is 0.0114. The van der Waals surface area contributed by atoms with E-state index in [1.54, 1.807) is 18.2 Å². The maximum absolute atomic E-state index is 12.0. The first-order valence-electron chi connectivity index (χ1n) is 5.75. The molecule has 0 atom stereocenters. The topological polar surface area (TPSA) is 79.3 Å². The van der Waals surface area contributed by atoms with Crippen molar-refractivity contribution in [1.82, 2.24) is 4.98 Å². The Hall–Kier alpha value is -2.40. The van der Waals surface area contributed by atoms with Gasteiger partial charge in [0.05, 0.1) is 17.4 Å². The fraction of sp³-hybridized carbons (Fsp3) is 0.0714. The Kier molecular flexibility index (Phi) is 4.32. The van der Waals surface area contributed by atoms with Crippen LogP contribution in [-0.2, 0) is 5.88 Å². The largest absolute Gasteiger partial charge is 0.478 e. The van der Waals surface area contributed by atoms with E-state index in [9.17, 15) is 9.59 Å². The third-order valence-electron chi connectivity index (χ3n) is 2.59. The zero-order valence-corrected chi connectivity index (χ0v) is 11.1. The minimum atomic E-state index is -1.10. The lowest BCUT2D eigenvalue weighted by atomic mass is 10.1. The van der Waals surface area contributed by atoms with E-state index < -0.39 is 5.97 Å². The predicted molar refractivity (Wildman–Crippen MR) is 75.1 cm³/mol. The van der Waals surface area contributed by atoms with Gasteiger partial charge in [-0.3, -0.25) is 9.78 Å². The lowest BCUT2D eigenvalue weighted by Crippen LogP contribution is -2.13. The van der Waals surface area contributed by atoms with Gasteiger partial charge in [0.25, 0.3) is 5.91 Å². The number of aromatic carboxylic acids is 1. The molecule has 1 aromatic carbocycles. The molecule has 2 N–H and O–H groups in total. The number of nitrogens with zero attached hydrogens (tertiary/aromatic N) is 1. The zero-order valence-electron chi connectivity index (χ0n) is 10.3. The lowest BCUT2D eigenvalue weighted by Gasteiger charge is -2.06. The van der Waals surface area contributed by atoms with Crippen LogP contribution in [0.3, 0.4) is 0 Å². The first-order valence-corrected chi connectivity index (χ1v) is 6.28. The van der Waals surface area contributed by atoms with Gasteiger partial charge in [0.1, 0.15) is 0 Å². The number of halogens is 1. The number of rotatable bonds is 4. The standard InChI is InChI=1S/C14H11ClN2O3/c15-6-9-2-1-3-10(4-9)13(18)17-12-5-11(14(19)20)7-16-8-12/h1-5,7-8H,6H2,(H,17,18)(H,19,20). The van der Waals surface area contributed by atoms with Crippen molar-refractivity contribution in [2.75, 3.05) is 5.32 Å². The Morgan fingerprint density at radius 3 is 2.70 bits per heavy atom. The molecule has 1 heterocycles. The summed E-state index contributed by atoms with van der Waals surface area (Å²) in [6.07, 6.45) is 2.60. The van der Waals surface area contributed by atoms with Crippen LogP contribution in [0.4, 0.5) is 5.69 Å². The number of amides is 1. The highest BCUT2D eigenvalue weighted by Crippen LogP contribution is 2.12. The molecule has 0 saturated heterocycles. The molecule has 102 valence electrons. The van der Waals surface area contributed by atoms with Crippen LogP contribution in [0.15, 0.2) is 42.7 Å². The molecular formula is C14H11ClN2O3. The molecule has 0 bridgehead atoms.